The second-order valence-corrected chi connectivity index (χ2v) is 5.62. The Kier molecular flexibility index (Phi) is 5.16. The smallest absolute Gasteiger partial charge is 0.410 e. The lowest BCUT2D eigenvalue weighted by molar-refractivity contribution is -0.392. The third-order valence-corrected chi connectivity index (χ3v) is 3.37. The summed E-state index contributed by atoms with van der Waals surface area (Å²) in [6, 6.07) is 0. The van der Waals surface area contributed by atoms with Gasteiger partial charge in [0.1, 0.15) is 0 Å². The Labute approximate surface area is 114 Å². The first-order valence-electron chi connectivity index (χ1n) is 5.68. The number of nitro groups is 1. The largest absolute Gasteiger partial charge is 0.481 e. The molecule has 0 saturated carbocycles. The molecule has 0 aliphatic heterocycles. The number of carboxylic acids is 1. The summed E-state index contributed by atoms with van der Waals surface area (Å²) < 4.78 is 23.5. The molecule has 20 heavy (non-hydrogen) atoms. The highest BCUT2D eigenvalue weighted by atomic mass is 32.2. The third-order valence-electron chi connectivity index (χ3n) is 2.47. The number of rotatable bonds is 8. The first-order chi connectivity index (χ1) is 9.21. The molecule has 0 bridgehead atoms. The normalized spacial score (nSPS) is 11.4. The minimum atomic E-state index is -4.21. The van der Waals surface area contributed by atoms with E-state index in [-0.39, 0.29) is 13.0 Å². The highest BCUT2D eigenvalue weighted by Gasteiger charge is 2.28. The van der Waals surface area contributed by atoms with Crippen LogP contribution < -0.4 is 5.14 Å². The van der Waals surface area contributed by atoms with Crippen molar-refractivity contribution in [2.75, 3.05) is 0 Å². The summed E-state index contributed by atoms with van der Waals surface area (Å²) in [5, 5.41) is 27.5. The van der Waals surface area contributed by atoms with Crippen LogP contribution in [0.25, 0.3) is 0 Å². The van der Waals surface area contributed by atoms with E-state index in [2.05, 4.69) is 5.10 Å². The molecule has 0 radical (unpaired) electrons. The Bertz CT molecular complexity index is 608. The van der Waals surface area contributed by atoms with E-state index in [1.807, 2.05) is 0 Å². The van der Waals surface area contributed by atoms with Crippen molar-refractivity contribution >= 4 is 21.8 Å². The predicted molar refractivity (Wildman–Crippen MR) is 66.4 cm³/mol. The Morgan fingerprint density at radius 2 is 2.10 bits per heavy atom. The van der Waals surface area contributed by atoms with Crippen molar-refractivity contribution in [1.82, 2.24) is 9.78 Å². The fraction of sp³-hybridized carbons (Fsp3) is 0.556. The zero-order valence-corrected chi connectivity index (χ0v) is 11.2. The molecular formula is C9H14N4O6S. The van der Waals surface area contributed by atoms with Gasteiger partial charge in [-0.05, 0) is 17.8 Å². The topological polar surface area (TPSA) is 158 Å². The maximum Gasteiger partial charge on any atom is 0.410 e. The lowest BCUT2D eigenvalue weighted by atomic mass is 10.2. The lowest BCUT2D eigenvalue weighted by Gasteiger charge is -1.97. The number of hydrogen-bond donors (Lipinski definition) is 2. The van der Waals surface area contributed by atoms with Crippen LogP contribution in [-0.4, -0.2) is 34.2 Å². The van der Waals surface area contributed by atoms with Crippen LogP contribution in [0.3, 0.4) is 0 Å². The number of hydrogen-bond acceptors (Lipinski definition) is 6. The van der Waals surface area contributed by atoms with Gasteiger partial charge in [0.2, 0.25) is 14.9 Å². The minimum absolute atomic E-state index is 0.0433. The molecule has 1 heterocycles. The van der Waals surface area contributed by atoms with Crippen LogP contribution in [0, 0.1) is 10.1 Å². The highest BCUT2D eigenvalue weighted by Crippen LogP contribution is 2.20. The van der Waals surface area contributed by atoms with Crippen LogP contribution in [-0.2, 0) is 21.4 Å². The van der Waals surface area contributed by atoms with Gasteiger partial charge in [-0.15, -0.1) is 0 Å². The molecule has 0 amide bonds. The van der Waals surface area contributed by atoms with E-state index < -0.39 is 31.6 Å². The zero-order valence-electron chi connectivity index (χ0n) is 10.4. The molecule has 10 nitrogen and oxygen atoms in total. The molecule has 3 N–H and O–H groups in total. The van der Waals surface area contributed by atoms with Crippen molar-refractivity contribution in [3.8, 4) is 0 Å². The first kappa shape index (κ1) is 16.0. The number of aryl methyl sites for hydroxylation is 1. The van der Waals surface area contributed by atoms with E-state index in [1.54, 1.807) is 0 Å². The van der Waals surface area contributed by atoms with Gasteiger partial charge in [-0.1, -0.05) is 6.42 Å². The van der Waals surface area contributed by atoms with Crippen LogP contribution in [0.1, 0.15) is 25.7 Å². The molecule has 0 atom stereocenters. The standard InChI is InChI=1S/C9H14N4O6S/c10-20(18,19)7-6-12(11-9(7)13(16)17)5-3-1-2-4-8(14)15/h6H,1-5H2,(H,14,15)(H2,10,18,19). The monoisotopic (exact) mass is 306 g/mol. The fourth-order valence-corrected chi connectivity index (χ4v) is 2.20. The Morgan fingerprint density at radius 3 is 2.55 bits per heavy atom. The molecular weight excluding hydrogens is 292 g/mol. The summed E-state index contributed by atoms with van der Waals surface area (Å²) >= 11 is 0. The number of aromatic nitrogens is 2. The van der Waals surface area contributed by atoms with E-state index in [0.717, 1.165) is 10.9 Å². The summed E-state index contributed by atoms with van der Waals surface area (Å²) in [5.74, 6) is -1.70. The van der Waals surface area contributed by atoms with Crippen LogP contribution in [0.15, 0.2) is 11.1 Å². The average Bonchev–Trinajstić information content (AvgIpc) is 2.72. The molecule has 112 valence electrons. The average molecular weight is 306 g/mol. The Hall–Kier alpha value is -2.01. The van der Waals surface area contributed by atoms with Gasteiger partial charge in [0.05, 0.1) is 17.8 Å². The highest BCUT2D eigenvalue weighted by molar-refractivity contribution is 7.89. The van der Waals surface area contributed by atoms with Crippen molar-refractivity contribution in [2.45, 2.75) is 37.1 Å². The number of carboxylic acid groups (broad SMARTS) is 1. The van der Waals surface area contributed by atoms with Crippen LogP contribution in [0.5, 0.6) is 0 Å². The van der Waals surface area contributed by atoms with E-state index in [0.29, 0.717) is 19.3 Å². The van der Waals surface area contributed by atoms with E-state index in [1.165, 1.54) is 0 Å². The van der Waals surface area contributed by atoms with Crippen molar-refractivity contribution in [3.05, 3.63) is 16.3 Å². The molecule has 1 rings (SSSR count). The predicted octanol–water partition coefficient (Wildman–Crippen LogP) is 0.0837. The van der Waals surface area contributed by atoms with Gasteiger partial charge in [0.15, 0.2) is 0 Å². The van der Waals surface area contributed by atoms with Crippen LogP contribution >= 0.6 is 0 Å². The van der Waals surface area contributed by atoms with Crippen LogP contribution in [0.2, 0.25) is 0 Å². The van der Waals surface area contributed by atoms with E-state index >= 15 is 0 Å². The molecule has 0 spiro atoms. The number of sulfonamides is 1. The van der Waals surface area contributed by atoms with Crippen molar-refractivity contribution in [2.24, 2.45) is 5.14 Å². The fourth-order valence-electron chi connectivity index (χ4n) is 1.56. The summed E-state index contributed by atoms with van der Waals surface area (Å²) in [6.45, 7) is 0.246. The molecule has 11 heteroatoms. The third kappa shape index (κ3) is 4.59. The van der Waals surface area contributed by atoms with Crippen molar-refractivity contribution in [3.63, 3.8) is 0 Å². The number of aliphatic carboxylic acids is 1. The quantitative estimate of drug-likeness (QED) is 0.391. The number of carbonyl (C=O) groups is 1. The number of primary sulfonamides is 1. The minimum Gasteiger partial charge on any atom is -0.481 e. The summed E-state index contributed by atoms with van der Waals surface area (Å²) in [6.07, 6.45) is 2.63. The second-order valence-electron chi connectivity index (χ2n) is 4.09. The Morgan fingerprint density at radius 1 is 1.45 bits per heavy atom. The van der Waals surface area contributed by atoms with Gasteiger partial charge in [0.25, 0.3) is 0 Å². The van der Waals surface area contributed by atoms with Gasteiger partial charge in [-0.3, -0.25) is 4.79 Å². The summed E-state index contributed by atoms with van der Waals surface area (Å²) in [7, 11) is -4.21. The van der Waals surface area contributed by atoms with Gasteiger partial charge in [0, 0.05) is 6.42 Å². The number of unbranched alkanes of at least 4 members (excludes halogenated alkanes) is 2. The van der Waals surface area contributed by atoms with Gasteiger partial charge >= 0.3 is 11.8 Å². The molecule has 0 unspecified atom stereocenters. The number of nitrogens with zero attached hydrogens (tertiary/aromatic N) is 3. The van der Waals surface area contributed by atoms with Gasteiger partial charge in [-0.25, -0.2) is 13.6 Å². The molecule has 1 aromatic heterocycles. The van der Waals surface area contributed by atoms with Crippen LogP contribution in [0.4, 0.5) is 5.82 Å². The summed E-state index contributed by atoms with van der Waals surface area (Å²) in [5.41, 5.74) is 0. The maximum atomic E-state index is 11.2. The molecule has 0 aliphatic carbocycles. The van der Waals surface area contributed by atoms with E-state index in [9.17, 15) is 23.3 Å². The molecule has 1 aromatic rings. The molecule has 0 fully saturated rings. The maximum absolute atomic E-state index is 11.2. The molecule has 0 saturated heterocycles. The van der Waals surface area contributed by atoms with Crippen molar-refractivity contribution in [1.29, 1.82) is 0 Å². The SMILES string of the molecule is NS(=O)(=O)c1cn(CCCCCC(=O)O)nc1[N+](=O)[O-]. The van der Waals surface area contributed by atoms with Gasteiger partial charge < -0.3 is 15.2 Å². The first-order valence-corrected chi connectivity index (χ1v) is 7.23. The van der Waals surface area contributed by atoms with Crippen molar-refractivity contribution < 1.29 is 23.2 Å². The molecule has 0 aliphatic rings. The Balaban J connectivity index is 2.69. The van der Waals surface area contributed by atoms with Gasteiger partial charge in [-0.2, -0.15) is 4.68 Å². The zero-order chi connectivity index (χ0) is 15.3. The van der Waals surface area contributed by atoms with E-state index in [4.69, 9.17) is 10.2 Å². The lowest BCUT2D eigenvalue weighted by Crippen LogP contribution is -2.13. The summed E-state index contributed by atoms with van der Waals surface area (Å²) in [4.78, 5) is 19.4. The second kappa shape index (κ2) is 6.43. The number of nitrogens with two attached hydrogens (primary N) is 1. The molecule has 0 aromatic carbocycles.